The molecule has 0 fully saturated rings. The number of nitrogens with one attached hydrogen (secondary N) is 1. The predicted octanol–water partition coefficient (Wildman–Crippen LogP) is 5.00. The number of thiazole rings is 1. The number of Topliss-reactive ketones (excluding diaryl/α,β-unsaturated/α-hetero) is 1. The van der Waals surface area contributed by atoms with E-state index in [1.54, 1.807) is 6.20 Å². The van der Waals surface area contributed by atoms with Gasteiger partial charge in [0.2, 0.25) is 0 Å². The smallest absolute Gasteiger partial charge is 0.332 e. The van der Waals surface area contributed by atoms with E-state index in [9.17, 15) is 4.79 Å². The zero-order chi connectivity index (χ0) is 19.8. The summed E-state index contributed by atoms with van der Waals surface area (Å²) in [5, 5.41) is 4.57. The number of benzene rings is 2. The molecule has 0 atom stereocenters. The molecule has 0 saturated heterocycles. The standard InChI is InChI=1S/C19H17ClN2OS.CO2/c1-12-5-3-7-14(9-12)22-19-21-11-18(24-19)17(23)10-15-13(2)6-4-8-16(15)20;2-1-3/h3-9,11H,10H2,1-2H3,(H,21,22);. The summed E-state index contributed by atoms with van der Waals surface area (Å²) in [6.45, 7) is 4.00. The van der Waals surface area contributed by atoms with Gasteiger partial charge in [-0.1, -0.05) is 47.2 Å². The summed E-state index contributed by atoms with van der Waals surface area (Å²) in [7, 11) is 0. The minimum absolute atomic E-state index is 0.0287. The lowest BCUT2D eigenvalue weighted by molar-refractivity contribution is -0.191. The van der Waals surface area contributed by atoms with Crippen LogP contribution in [0.3, 0.4) is 0 Å². The number of aryl methyl sites for hydroxylation is 2. The number of carbonyl (C=O) groups excluding carboxylic acids is 3. The minimum Gasteiger partial charge on any atom is -0.332 e. The topological polar surface area (TPSA) is 76.1 Å². The normalized spacial score (nSPS) is 9.74. The van der Waals surface area contributed by atoms with Gasteiger partial charge in [0, 0.05) is 17.1 Å². The molecule has 0 aliphatic rings. The summed E-state index contributed by atoms with van der Waals surface area (Å²) in [6, 6.07) is 13.7. The summed E-state index contributed by atoms with van der Waals surface area (Å²) in [5.41, 5.74) is 4.04. The van der Waals surface area contributed by atoms with Crippen LogP contribution in [0.4, 0.5) is 10.8 Å². The summed E-state index contributed by atoms with van der Waals surface area (Å²) in [4.78, 5) is 33.7. The van der Waals surface area contributed by atoms with E-state index < -0.39 is 0 Å². The highest BCUT2D eigenvalue weighted by Gasteiger charge is 2.14. The van der Waals surface area contributed by atoms with Crippen LogP contribution in [0.2, 0.25) is 5.02 Å². The second kappa shape index (κ2) is 9.78. The highest BCUT2D eigenvalue weighted by Crippen LogP contribution is 2.26. The first-order chi connectivity index (χ1) is 12.9. The van der Waals surface area contributed by atoms with Crippen molar-refractivity contribution in [2.24, 2.45) is 0 Å². The number of ketones is 1. The monoisotopic (exact) mass is 400 g/mol. The Hall–Kier alpha value is -2.79. The Morgan fingerprint density at radius 1 is 1.19 bits per heavy atom. The molecule has 0 aliphatic heterocycles. The fraction of sp³-hybridized carbons (Fsp3) is 0.150. The maximum absolute atomic E-state index is 12.5. The Bertz CT molecular complexity index is 959. The largest absolute Gasteiger partial charge is 0.373 e. The van der Waals surface area contributed by atoms with Crippen molar-refractivity contribution < 1.29 is 14.4 Å². The Kier molecular flexibility index (Phi) is 7.44. The second-order valence-electron chi connectivity index (χ2n) is 5.74. The average molecular weight is 401 g/mol. The van der Waals surface area contributed by atoms with Gasteiger partial charge >= 0.3 is 6.15 Å². The maximum atomic E-state index is 12.5. The quantitative estimate of drug-likeness (QED) is 0.610. The zero-order valence-electron chi connectivity index (χ0n) is 14.8. The lowest BCUT2D eigenvalue weighted by atomic mass is 10.0. The molecule has 138 valence electrons. The van der Waals surface area contributed by atoms with E-state index in [0.717, 1.165) is 16.8 Å². The molecule has 0 saturated carbocycles. The number of hydrogen-bond donors (Lipinski definition) is 1. The molecule has 0 amide bonds. The van der Waals surface area contributed by atoms with E-state index in [1.807, 2.05) is 56.3 Å². The van der Waals surface area contributed by atoms with Crippen LogP contribution in [0, 0.1) is 13.8 Å². The van der Waals surface area contributed by atoms with Crippen LogP contribution in [-0.4, -0.2) is 16.9 Å². The summed E-state index contributed by atoms with van der Waals surface area (Å²) >= 11 is 7.57. The van der Waals surface area contributed by atoms with E-state index >= 15 is 0 Å². The van der Waals surface area contributed by atoms with Gasteiger partial charge in [-0.2, -0.15) is 9.59 Å². The van der Waals surface area contributed by atoms with Crippen molar-refractivity contribution in [2.75, 3.05) is 5.32 Å². The summed E-state index contributed by atoms with van der Waals surface area (Å²) in [5.74, 6) is 0.0287. The number of aromatic nitrogens is 1. The third-order valence-corrected chi connectivity index (χ3v) is 5.05. The number of nitrogens with zero attached hydrogens (tertiary/aromatic N) is 1. The Morgan fingerprint density at radius 3 is 2.56 bits per heavy atom. The van der Waals surface area contributed by atoms with Gasteiger partial charge in [0.15, 0.2) is 10.9 Å². The fourth-order valence-electron chi connectivity index (χ4n) is 2.45. The van der Waals surface area contributed by atoms with Crippen LogP contribution in [-0.2, 0) is 16.0 Å². The van der Waals surface area contributed by atoms with Gasteiger partial charge in [-0.25, -0.2) is 4.98 Å². The van der Waals surface area contributed by atoms with E-state index in [-0.39, 0.29) is 18.4 Å². The van der Waals surface area contributed by atoms with E-state index in [4.69, 9.17) is 21.2 Å². The molecule has 27 heavy (non-hydrogen) atoms. The summed E-state index contributed by atoms with van der Waals surface area (Å²) in [6.07, 6.45) is 2.16. The molecule has 1 heterocycles. The fourth-order valence-corrected chi connectivity index (χ4v) is 3.51. The predicted molar refractivity (Wildman–Crippen MR) is 106 cm³/mol. The number of anilines is 2. The Labute approximate surface area is 166 Å². The van der Waals surface area contributed by atoms with E-state index in [1.165, 1.54) is 16.9 Å². The molecule has 3 rings (SSSR count). The lowest BCUT2D eigenvalue weighted by Gasteiger charge is -2.06. The van der Waals surface area contributed by atoms with Crippen molar-refractivity contribution in [3.8, 4) is 0 Å². The summed E-state index contributed by atoms with van der Waals surface area (Å²) < 4.78 is 0. The average Bonchev–Trinajstić information content (AvgIpc) is 3.07. The second-order valence-corrected chi connectivity index (χ2v) is 7.18. The van der Waals surface area contributed by atoms with Crippen molar-refractivity contribution in [1.82, 2.24) is 4.98 Å². The number of carbonyl (C=O) groups is 1. The first-order valence-corrected chi connectivity index (χ1v) is 9.20. The number of halogens is 1. The highest BCUT2D eigenvalue weighted by molar-refractivity contribution is 7.17. The van der Waals surface area contributed by atoms with Crippen LogP contribution < -0.4 is 5.32 Å². The van der Waals surface area contributed by atoms with Crippen molar-refractivity contribution in [3.05, 3.63) is 75.3 Å². The van der Waals surface area contributed by atoms with Crippen LogP contribution in [0.15, 0.2) is 48.7 Å². The van der Waals surface area contributed by atoms with Crippen LogP contribution in [0.25, 0.3) is 0 Å². The van der Waals surface area contributed by atoms with E-state index in [0.29, 0.717) is 15.0 Å². The van der Waals surface area contributed by atoms with E-state index in [2.05, 4.69) is 10.3 Å². The molecular formula is C20H17ClN2O3S. The number of hydrogen-bond acceptors (Lipinski definition) is 6. The molecule has 2 aromatic carbocycles. The van der Waals surface area contributed by atoms with Crippen molar-refractivity contribution in [2.45, 2.75) is 20.3 Å². The van der Waals surface area contributed by atoms with Crippen LogP contribution in [0.5, 0.6) is 0 Å². The van der Waals surface area contributed by atoms with Crippen molar-refractivity contribution in [1.29, 1.82) is 0 Å². The highest BCUT2D eigenvalue weighted by atomic mass is 35.5. The van der Waals surface area contributed by atoms with Crippen molar-refractivity contribution in [3.63, 3.8) is 0 Å². The van der Waals surface area contributed by atoms with Crippen molar-refractivity contribution >= 4 is 45.7 Å². The number of rotatable bonds is 5. The molecule has 0 aliphatic carbocycles. The van der Waals surface area contributed by atoms with Gasteiger partial charge < -0.3 is 5.32 Å². The molecule has 3 aromatic rings. The van der Waals surface area contributed by atoms with Gasteiger partial charge in [0.1, 0.15) is 0 Å². The molecule has 7 heteroatoms. The van der Waals surface area contributed by atoms with Gasteiger partial charge in [0.25, 0.3) is 0 Å². The van der Waals surface area contributed by atoms with Gasteiger partial charge in [-0.15, -0.1) is 0 Å². The van der Waals surface area contributed by atoms with Crippen LogP contribution >= 0.6 is 22.9 Å². The molecule has 0 unspecified atom stereocenters. The first-order valence-electron chi connectivity index (χ1n) is 8.00. The molecule has 0 bridgehead atoms. The SMILES string of the molecule is Cc1cccc(Nc2ncc(C(=O)Cc3c(C)cccc3Cl)s2)c1.O=C=O. The van der Waals surface area contributed by atoms with Gasteiger partial charge in [-0.05, 0) is 48.7 Å². The minimum atomic E-state index is 0.0287. The van der Waals surface area contributed by atoms with Gasteiger partial charge in [0.05, 0.1) is 11.1 Å². The Balaban J connectivity index is 0.000000817. The molecule has 1 N–H and O–H groups in total. The maximum Gasteiger partial charge on any atom is 0.373 e. The molecule has 1 aromatic heterocycles. The first kappa shape index (κ1) is 20.5. The molecule has 5 nitrogen and oxygen atoms in total. The zero-order valence-corrected chi connectivity index (χ0v) is 16.4. The van der Waals surface area contributed by atoms with Crippen LogP contribution in [0.1, 0.15) is 26.4 Å². The Morgan fingerprint density at radius 2 is 1.89 bits per heavy atom. The molecule has 0 radical (unpaired) electrons. The molecular weight excluding hydrogens is 384 g/mol. The third-order valence-electron chi connectivity index (χ3n) is 3.74. The third kappa shape index (κ3) is 5.86. The molecule has 0 spiro atoms. The van der Waals surface area contributed by atoms with Gasteiger partial charge in [-0.3, -0.25) is 4.79 Å². The lowest BCUT2D eigenvalue weighted by Crippen LogP contribution is -2.03.